The number of aliphatic hydroxyl groups excluding tert-OH is 4. The number of aliphatic carboxylic acids is 1. The SMILES string of the molecule is CCC(O)CO.CCCCCCCCC(O)C(O)CCCCCCCC(=O)O. The van der Waals surface area contributed by atoms with E-state index in [4.69, 9.17) is 15.3 Å². The molecule has 0 aromatic heterocycles. The number of unbranched alkanes of at least 4 members (excludes halogenated alkanes) is 9. The average molecular weight is 407 g/mol. The molecule has 0 aromatic carbocycles. The van der Waals surface area contributed by atoms with Gasteiger partial charge in [0, 0.05) is 6.42 Å². The van der Waals surface area contributed by atoms with Gasteiger partial charge in [0.05, 0.1) is 24.9 Å². The van der Waals surface area contributed by atoms with Crippen LogP contribution in [0, 0.1) is 0 Å². The van der Waals surface area contributed by atoms with Crippen LogP contribution in [0.15, 0.2) is 0 Å². The Morgan fingerprint density at radius 3 is 1.50 bits per heavy atom. The number of hydrogen-bond donors (Lipinski definition) is 5. The molecule has 0 spiro atoms. The molecule has 0 heterocycles. The Morgan fingerprint density at radius 2 is 1.14 bits per heavy atom. The molecule has 0 saturated carbocycles. The minimum Gasteiger partial charge on any atom is -0.481 e. The maximum atomic E-state index is 10.4. The number of carbonyl (C=O) groups is 1. The van der Waals surface area contributed by atoms with E-state index in [1.807, 2.05) is 6.92 Å². The maximum absolute atomic E-state index is 10.4. The number of carboxylic acids is 1. The van der Waals surface area contributed by atoms with E-state index in [1.54, 1.807) is 0 Å². The molecule has 0 saturated heterocycles. The van der Waals surface area contributed by atoms with Crippen molar-refractivity contribution in [3.8, 4) is 0 Å². The van der Waals surface area contributed by atoms with Gasteiger partial charge in [0.15, 0.2) is 0 Å². The van der Waals surface area contributed by atoms with Crippen LogP contribution in [0.2, 0.25) is 0 Å². The molecule has 0 aliphatic rings. The minimum absolute atomic E-state index is 0.115. The topological polar surface area (TPSA) is 118 Å². The molecular formula is C22H46O6. The first-order valence-electron chi connectivity index (χ1n) is 11.3. The quantitative estimate of drug-likeness (QED) is 0.219. The summed E-state index contributed by atoms with van der Waals surface area (Å²) in [5, 5.41) is 44.8. The van der Waals surface area contributed by atoms with Crippen molar-refractivity contribution in [2.24, 2.45) is 0 Å². The molecule has 6 heteroatoms. The highest BCUT2D eigenvalue weighted by Crippen LogP contribution is 2.15. The highest BCUT2D eigenvalue weighted by atomic mass is 16.4. The largest absolute Gasteiger partial charge is 0.481 e. The van der Waals surface area contributed by atoms with E-state index < -0.39 is 24.3 Å². The van der Waals surface area contributed by atoms with Crippen molar-refractivity contribution in [3.63, 3.8) is 0 Å². The summed E-state index contributed by atoms with van der Waals surface area (Å²) in [5.41, 5.74) is 0. The molecule has 3 unspecified atom stereocenters. The third-order valence-corrected chi connectivity index (χ3v) is 4.87. The Bertz CT molecular complexity index is 320. The number of hydrogen-bond acceptors (Lipinski definition) is 5. The average Bonchev–Trinajstić information content (AvgIpc) is 2.69. The van der Waals surface area contributed by atoms with Crippen LogP contribution in [0.4, 0.5) is 0 Å². The van der Waals surface area contributed by atoms with Gasteiger partial charge < -0.3 is 25.5 Å². The zero-order chi connectivity index (χ0) is 21.6. The van der Waals surface area contributed by atoms with Gasteiger partial charge >= 0.3 is 5.97 Å². The molecule has 0 aromatic rings. The first kappa shape index (κ1) is 29.5. The molecule has 170 valence electrons. The van der Waals surface area contributed by atoms with E-state index in [0.717, 1.165) is 44.9 Å². The first-order chi connectivity index (χ1) is 13.4. The fraction of sp³-hybridized carbons (Fsp3) is 0.955. The number of rotatable bonds is 18. The summed E-state index contributed by atoms with van der Waals surface area (Å²) < 4.78 is 0. The lowest BCUT2D eigenvalue weighted by molar-refractivity contribution is -0.137. The second kappa shape index (κ2) is 22.6. The van der Waals surface area contributed by atoms with Gasteiger partial charge in [-0.3, -0.25) is 4.79 Å². The lowest BCUT2D eigenvalue weighted by Gasteiger charge is -2.17. The van der Waals surface area contributed by atoms with Crippen LogP contribution in [0.3, 0.4) is 0 Å². The molecule has 0 aliphatic carbocycles. The Hall–Kier alpha value is -0.690. The molecule has 3 atom stereocenters. The van der Waals surface area contributed by atoms with Crippen LogP contribution in [0.1, 0.15) is 110 Å². The standard InChI is InChI=1S/C18H36O4.C4H10O2/c1-2-3-4-5-7-10-13-16(19)17(20)14-11-8-6-9-12-15-18(21)22;1-2-4(6)3-5/h16-17,19-20H,2-15H2,1H3,(H,21,22);4-6H,2-3H2,1H3. The predicted molar refractivity (Wildman–Crippen MR) is 113 cm³/mol. The summed E-state index contributed by atoms with van der Waals surface area (Å²) in [5.74, 6) is -0.728. The molecule has 0 fully saturated rings. The van der Waals surface area contributed by atoms with Gasteiger partial charge in [0.25, 0.3) is 0 Å². The highest BCUT2D eigenvalue weighted by molar-refractivity contribution is 5.66. The van der Waals surface area contributed by atoms with Gasteiger partial charge in [-0.05, 0) is 25.7 Å². The molecule has 6 nitrogen and oxygen atoms in total. The zero-order valence-corrected chi connectivity index (χ0v) is 18.2. The van der Waals surface area contributed by atoms with Crippen LogP contribution < -0.4 is 0 Å². The lowest BCUT2D eigenvalue weighted by atomic mass is 9.99. The minimum atomic E-state index is -0.728. The van der Waals surface area contributed by atoms with E-state index in [2.05, 4.69) is 6.92 Å². The summed E-state index contributed by atoms with van der Waals surface area (Å²) >= 11 is 0. The molecule has 5 N–H and O–H groups in total. The van der Waals surface area contributed by atoms with Gasteiger partial charge in [-0.2, -0.15) is 0 Å². The first-order valence-corrected chi connectivity index (χ1v) is 11.3. The number of aliphatic hydroxyl groups is 4. The van der Waals surface area contributed by atoms with Crippen molar-refractivity contribution >= 4 is 5.97 Å². The zero-order valence-electron chi connectivity index (χ0n) is 18.2. The lowest BCUT2D eigenvalue weighted by Crippen LogP contribution is -2.25. The van der Waals surface area contributed by atoms with Crippen molar-refractivity contribution in [2.45, 2.75) is 128 Å². The van der Waals surface area contributed by atoms with Crippen molar-refractivity contribution in [2.75, 3.05) is 6.61 Å². The van der Waals surface area contributed by atoms with Crippen LogP contribution in [0.5, 0.6) is 0 Å². The van der Waals surface area contributed by atoms with E-state index >= 15 is 0 Å². The van der Waals surface area contributed by atoms with Crippen LogP contribution in [0.25, 0.3) is 0 Å². The Kier molecular flexibility index (Phi) is 23.8. The van der Waals surface area contributed by atoms with Gasteiger partial charge in [0.2, 0.25) is 0 Å². The maximum Gasteiger partial charge on any atom is 0.303 e. The monoisotopic (exact) mass is 406 g/mol. The van der Waals surface area contributed by atoms with Crippen molar-refractivity contribution in [1.29, 1.82) is 0 Å². The molecule has 0 bridgehead atoms. The van der Waals surface area contributed by atoms with Crippen LogP contribution in [-0.2, 0) is 4.79 Å². The Balaban J connectivity index is 0. The Morgan fingerprint density at radius 1 is 0.714 bits per heavy atom. The van der Waals surface area contributed by atoms with Gasteiger partial charge in [-0.1, -0.05) is 78.1 Å². The van der Waals surface area contributed by atoms with Crippen LogP contribution >= 0.6 is 0 Å². The fourth-order valence-electron chi connectivity index (χ4n) is 2.81. The predicted octanol–water partition coefficient (Wildman–Crippen LogP) is 4.02. The molecule has 0 amide bonds. The van der Waals surface area contributed by atoms with Crippen molar-refractivity contribution in [1.82, 2.24) is 0 Å². The summed E-state index contributed by atoms with van der Waals surface area (Å²) in [4.78, 5) is 10.4. The van der Waals surface area contributed by atoms with Crippen molar-refractivity contribution < 1.29 is 30.3 Å². The van der Waals surface area contributed by atoms with Gasteiger partial charge in [0.1, 0.15) is 0 Å². The van der Waals surface area contributed by atoms with Gasteiger partial charge in [-0.25, -0.2) is 0 Å². The van der Waals surface area contributed by atoms with Crippen LogP contribution in [-0.4, -0.2) is 56.4 Å². The van der Waals surface area contributed by atoms with E-state index in [0.29, 0.717) is 19.3 Å². The van der Waals surface area contributed by atoms with Crippen molar-refractivity contribution in [3.05, 3.63) is 0 Å². The molecule has 0 rings (SSSR count). The second-order valence-electron chi connectivity index (χ2n) is 7.64. The highest BCUT2D eigenvalue weighted by Gasteiger charge is 2.15. The summed E-state index contributed by atoms with van der Waals surface area (Å²) in [6.07, 6.45) is 12.3. The molecule has 0 radical (unpaired) electrons. The van der Waals surface area contributed by atoms with E-state index in [9.17, 15) is 15.0 Å². The Labute approximate surface area is 172 Å². The normalized spacial score (nSPS) is 14.1. The smallest absolute Gasteiger partial charge is 0.303 e. The summed E-state index contributed by atoms with van der Waals surface area (Å²) in [6.45, 7) is 3.91. The number of carboxylic acid groups (broad SMARTS) is 1. The third kappa shape index (κ3) is 23.3. The molecule has 28 heavy (non-hydrogen) atoms. The fourth-order valence-corrected chi connectivity index (χ4v) is 2.81. The second-order valence-corrected chi connectivity index (χ2v) is 7.64. The van der Waals surface area contributed by atoms with E-state index in [-0.39, 0.29) is 13.0 Å². The van der Waals surface area contributed by atoms with E-state index in [1.165, 1.54) is 25.7 Å². The molecule has 0 aliphatic heterocycles. The van der Waals surface area contributed by atoms with Gasteiger partial charge in [-0.15, -0.1) is 0 Å². The molecular weight excluding hydrogens is 360 g/mol. The third-order valence-electron chi connectivity index (χ3n) is 4.87. The summed E-state index contributed by atoms with van der Waals surface area (Å²) in [7, 11) is 0. The summed E-state index contributed by atoms with van der Waals surface area (Å²) in [6, 6.07) is 0.